The number of fused-ring (bicyclic) bond motifs is 1. The Morgan fingerprint density at radius 3 is 2.94 bits per heavy atom. The topological polar surface area (TPSA) is 51.1 Å². The minimum Gasteiger partial charge on any atom is -0.312 e. The second-order valence-electron chi connectivity index (χ2n) is 4.62. The first-order chi connectivity index (χ1) is 8.69. The minimum atomic E-state index is -0.291. The van der Waals surface area contributed by atoms with Crippen LogP contribution in [0.15, 0.2) is 10.9 Å². The zero-order valence-electron chi connectivity index (χ0n) is 10.5. The Morgan fingerprint density at radius 2 is 2.28 bits per heavy atom. The lowest BCUT2D eigenvalue weighted by atomic mass is 10.1. The molecule has 0 radical (unpaired) electrons. The molecule has 1 aromatic heterocycles. The number of carbonyl (C=O) groups is 1. The van der Waals surface area contributed by atoms with Crippen LogP contribution in [0.25, 0.3) is 0 Å². The largest absolute Gasteiger partial charge is 0.312 e. The number of pyridine rings is 1. The SMILES string of the molecule is CCCCn1c2c(cc(C(=O)NI)c1=O)CCC2. The van der Waals surface area contributed by atoms with Gasteiger partial charge in [-0.1, -0.05) is 13.3 Å². The van der Waals surface area contributed by atoms with E-state index in [2.05, 4.69) is 10.5 Å². The molecule has 1 aromatic rings. The zero-order chi connectivity index (χ0) is 13.1. The first-order valence-corrected chi connectivity index (χ1v) is 7.43. The van der Waals surface area contributed by atoms with Crippen LogP contribution < -0.4 is 9.09 Å². The van der Waals surface area contributed by atoms with Crippen molar-refractivity contribution in [2.75, 3.05) is 0 Å². The molecule has 4 nitrogen and oxygen atoms in total. The van der Waals surface area contributed by atoms with E-state index in [1.807, 2.05) is 4.57 Å². The van der Waals surface area contributed by atoms with Crippen LogP contribution in [-0.4, -0.2) is 10.5 Å². The van der Waals surface area contributed by atoms with Gasteiger partial charge in [0.25, 0.3) is 11.5 Å². The number of nitrogens with one attached hydrogen (secondary N) is 1. The highest BCUT2D eigenvalue weighted by Crippen LogP contribution is 2.21. The smallest absolute Gasteiger partial charge is 0.265 e. The third kappa shape index (κ3) is 2.46. The minimum absolute atomic E-state index is 0.140. The summed E-state index contributed by atoms with van der Waals surface area (Å²) in [5.74, 6) is -0.291. The molecule has 0 aromatic carbocycles. The molecule has 0 saturated heterocycles. The number of rotatable bonds is 4. The molecule has 1 aliphatic carbocycles. The Kier molecular flexibility index (Phi) is 4.42. The highest BCUT2D eigenvalue weighted by Gasteiger charge is 2.21. The fourth-order valence-electron chi connectivity index (χ4n) is 2.49. The fraction of sp³-hybridized carbons (Fsp3) is 0.538. The summed E-state index contributed by atoms with van der Waals surface area (Å²) in [7, 11) is 0. The normalized spacial score (nSPS) is 13.4. The third-order valence-electron chi connectivity index (χ3n) is 3.42. The van der Waals surface area contributed by atoms with Gasteiger partial charge in [-0.25, -0.2) is 0 Å². The summed E-state index contributed by atoms with van der Waals surface area (Å²) in [5.41, 5.74) is 2.44. The molecule has 0 atom stereocenters. The number of hydrogen-bond acceptors (Lipinski definition) is 2. The Morgan fingerprint density at radius 1 is 1.50 bits per heavy atom. The highest BCUT2D eigenvalue weighted by molar-refractivity contribution is 14.1. The van der Waals surface area contributed by atoms with E-state index in [0.717, 1.165) is 44.3 Å². The van der Waals surface area contributed by atoms with Crippen LogP contribution in [0.3, 0.4) is 0 Å². The van der Waals surface area contributed by atoms with Crippen LogP contribution in [0.1, 0.15) is 47.8 Å². The molecule has 1 N–H and O–H groups in total. The van der Waals surface area contributed by atoms with Crippen LogP contribution in [0.4, 0.5) is 0 Å². The van der Waals surface area contributed by atoms with Gasteiger partial charge in [0, 0.05) is 12.2 Å². The lowest BCUT2D eigenvalue weighted by Gasteiger charge is -2.13. The maximum Gasteiger partial charge on any atom is 0.265 e. The molecule has 0 aliphatic heterocycles. The van der Waals surface area contributed by atoms with Crippen molar-refractivity contribution < 1.29 is 4.79 Å². The summed E-state index contributed by atoms with van der Waals surface area (Å²) in [4.78, 5) is 24.1. The van der Waals surface area contributed by atoms with Crippen LogP contribution in [0, 0.1) is 0 Å². The van der Waals surface area contributed by atoms with Crippen LogP contribution in [0.5, 0.6) is 0 Å². The molecule has 0 bridgehead atoms. The molecule has 1 amide bonds. The predicted octanol–water partition coefficient (Wildman–Crippen LogP) is 2.22. The second kappa shape index (κ2) is 5.86. The van der Waals surface area contributed by atoms with Gasteiger partial charge in [-0.3, -0.25) is 13.1 Å². The van der Waals surface area contributed by atoms with E-state index in [1.165, 1.54) is 5.56 Å². The lowest BCUT2D eigenvalue weighted by molar-refractivity contribution is 0.0987. The Labute approximate surface area is 120 Å². The van der Waals surface area contributed by atoms with Gasteiger partial charge in [0.05, 0.1) is 22.9 Å². The van der Waals surface area contributed by atoms with Crippen molar-refractivity contribution in [3.63, 3.8) is 0 Å². The molecular weight excluding hydrogens is 343 g/mol. The molecule has 98 valence electrons. The first kappa shape index (κ1) is 13.6. The molecule has 1 aliphatic rings. The van der Waals surface area contributed by atoms with Crippen molar-refractivity contribution in [2.45, 2.75) is 45.6 Å². The second-order valence-corrected chi connectivity index (χ2v) is 5.16. The number of unbranched alkanes of at least 4 members (excludes halogenated alkanes) is 1. The van der Waals surface area contributed by atoms with E-state index in [0.29, 0.717) is 0 Å². The van der Waals surface area contributed by atoms with Gasteiger partial charge in [0.2, 0.25) is 0 Å². The van der Waals surface area contributed by atoms with Gasteiger partial charge in [0.15, 0.2) is 0 Å². The van der Waals surface area contributed by atoms with E-state index in [-0.39, 0.29) is 17.0 Å². The van der Waals surface area contributed by atoms with E-state index in [4.69, 9.17) is 0 Å². The number of aromatic nitrogens is 1. The van der Waals surface area contributed by atoms with Crippen LogP contribution >= 0.6 is 22.9 Å². The highest BCUT2D eigenvalue weighted by atomic mass is 127. The average Bonchev–Trinajstić information content (AvgIpc) is 2.84. The zero-order valence-corrected chi connectivity index (χ0v) is 12.6. The summed E-state index contributed by atoms with van der Waals surface area (Å²) in [6.45, 7) is 2.83. The van der Waals surface area contributed by atoms with Gasteiger partial charge in [-0.05, 0) is 37.3 Å². The molecule has 0 spiro atoms. The average molecular weight is 360 g/mol. The Balaban J connectivity index is 2.52. The number of hydrogen-bond donors (Lipinski definition) is 1. The van der Waals surface area contributed by atoms with Crippen molar-refractivity contribution in [1.29, 1.82) is 0 Å². The molecule has 0 unspecified atom stereocenters. The van der Waals surface area contributed by atoms with Crippen molar-refractivity contribution in [3.05, 3.63) is 33.2 Å². The number of nitrogens with zero attached hydrogens (tertiary/aromatic N) is 1. The molecular formula is C13H17IN2O2. The number of halogens is 1. The van der Waals surface area contributed by atoms with E-state index >= 15 is 0 Å². The Hall–Kier alpha value is -0.850. The van der Waals surface area contributed by atoms with E-state index in [9.17, 15) is 9.59 Å². The van der Waals surface area contributed by atoms with Gasteiger partial charge in [0.1, 0.15) is 5.56 Å². The summed E-state index contributed by atoms with van der Waals surface area (Å²) in [6, 6.07) is 1.78. The maximum absolute atomic E-state index is 12.3. The third-order valence-corrected chi connectivity index (χ3v) is 3.91. The molecule has 2 rings (SSSR count). The number of carbonyl (C=O) groups excluding carboxylic acids is 1. The molecule has 0 fully saturated rings. The van der Waals surface area contributed by atoms with Crippen LogP contribution in [0.2, 0.25) is 0 Å². The molecule has 0 saturated carbocycles. The van der Waals surface area contributed by atoms with Gasteiger partial charge in [-0.2, -0.15) is 0 Å². The monoisotopic (exact) mass is 360 g/mol. The van der Waals surface area contributed by atoms with Crippen molar-refractivity contribution in [3.8, 4) is 0 Å². The van der Waals surface area contributed by atoms with Gasteiger partial charge < -0.3 is 4.57 Å². The first-order valence-electron chi connectivity index (χ1n) is 6.35. The summed E-state index contributed by atoms with van der Waals surface area (Å²) in [6.07, 6.45) is 5.03. The van der Waals surface area contributed by atoms with Crippen molar-refractivity contribution >= 4 is 28.8 Å². The fourth-order valence-corrected chi connectivity index (χ4v) is 2.78. The molecule has 5 heteroatoms. The van der Waals surface area contributed by atoms with Gasteiger partial charge in [-0.15, -0.1) is 0 Å². The number of aryl methyl sites for hydroxylation is 1. The molecule has 18 heavy (non-hydrogen) atoms. The van der Waals surface area contributed by atoms with Gasteiger partial charge >= 0.3 is 0 Å². The number of amides is 1. The maximum atomic E-state index is 12.3. The van der Waals surface area contributed by atoms with Crippen molar-refractivity contribution in [1.82, 2.24) is 8.10 Å². The lowest BCUT2D eigenvalue weighted by Crippen LogP contribution is -2.31. The van der Waals surface area contributed by atoms with E-state index < -0.39 is 0 Å². The van der Waals surface area contributed by atoms with E-state index in [1.54, 1.807) is 28.9 Å². The summed E-state index contributed by atoms with van der Waals surface area (Å²) in [5, 5.41) is 0. The van der Waals surface area contributed by atoms with Crippen molar-refractivity contribution in [2.24, 2.45) is 0 Å². The summed E-state index contributed by atoms with van der Waals surface area (Å²) >= 11 is 1.77. The quantitative estimate of drug-likeness (QED) is 0.661. The standard InChI is InChI=1S/C13H17IN2O2/c1-2-3-7-16-11-6-4-5-9(11)8-10(13(16)18)12(17)15-14/h8H,2-7H2,1H3,(H,15,17). The summed E-state index contributed by atoms with van der Waals surface area (Å²) < 4.78 is 4.33. The molecule has 1 heterocycles. The predicted molar refractivity (Wildman–Crippen MR) is 79.1 cm³/mol. The Bertz CT molecular complexity index is 522. The van der Waals surface area contributed by atoms with Crippen LogP contribution in [-0.2, 0) is 19.4 Å².